The average molecular weight is 266 g/mol. The molecule has 4 heteroatoms. The quantitative estimate of drug-likeness (QED) is 0.766. The molecule has 1 aliphatic heterocycles. The molecule has 0 saturated carbocycles. The molecule has 104 valence electrons. The third-order valence-electron chi connectivity index (χ3n) is 3.44. The third-order valence-corrected chi connectivity index (χ3v) is 3.44. The summed E-state index contributed by atoms with van der Waals surface area (Å²) in [7, 11) is 1.40. The largest absolute Gasteiger partial charge is 0.494 e. The molecule has 0 bridgehead atoms. The Morgan fingerprint density at radius 1 is 1.47 bits per heavy atom. The van der Waals surface area contributed by atoms with E-state index < -0.39 is 5.82 Å². The number of carbonyl (C=O) groups is 1. The number of carbonyl (C=O) groups excluding carboxylic acids is 1. The highest BCUT2D eigenvalue weighted by Gasteiger charge is 2.16. The molecule has 0 radical (unpaired) electrons. The second kappa shape index (κ2) is 6.66. The summed E-state index contributed by atoms with van der Waals surface area (Å²) >= 11 is 0. The van der Waals surface area contributed by atoms with Crippen molar-refractivity contribution in [1.82, 2.24) is 0 Å². The summed E-state index contributed by atoms with van der Waals surface area (Å²) in [5.41, 5.74) is 0.397. The van der Waals surface area contributed by atoms with Gasteiger partial charge in [-0.25, -0.2) is 4.39 Å². The number of benzene rings is 1. The molecule has 1 saturated heterocycles. The maximum Gasteiger partial charge on any atom is 0.165 e. The minimum atomic E-state index is -0.498. The van der Waals surface area contributed by atoms with Gasteiger partial charge in [0.25, 0.3) is 0 Å². The Bertz CT molecular complexity index is 439. The molecule has 1 aromatic rings. The Balaban J connectivity index is 1.90. The first-order chi connectivity index (χ1) is 9.20. The predicted molar refractivity (Wildman–Crippen MR) is 70.1 cm³/mol. The van der Waals surface area contributed by atoms with Crippen LogP contribution in [-0.4, -0.2) is 25.6 Å². The van der Waals surface area contributed by atoms with E-state index >= 15 is 0 Å². The zero-order chi connectivity index (χ0) is 13.7. The molecule has 1 aliphatic rings. The SMILES string of the molecule is COc1ccc(C(=O)CCC2CCCCO2)cc1F. The van der Waals surface area contributed by atoms with Gasteiger partial charge >= 0.3 is 0 Å². The molecule has 3 nitrogen and oxygen atoms in total. The van der Waals surface area contributed by atoms with Gasteiger partial charge in [-0.3, -0.25) is 4.79 Å². The van der Waals surface area contributed by atoms with E-state index in [1.807, 2.05) is 0 Å². The van der Waals surface area contributed by atoms with Gasteiger partial charge in [-0.15, -0.1) is 0 Å². The lowest BCUT2D eigenvalue weighted by atomic mass is 10.00. The zero-order valence-electron chi connectivity index (χ0n) is 11.2. The molecule has 1 unspecified atom stereocenters. The van der Waals surface area contributed by atoms with Crippen LogP contribution in [0.15, 0.2) is 18.2 Å². The van der Waals surface area contributed by atoms with Crippen LogP contribution in [0.2, 0.25) is 0 Å². The second-order valence-electron chi connectivity index (χ2n) is 4.80. The van der Waals surface area contributed by atoms with E-state index in [0.717, 1.165) is 25.9 Å². The first-order valence-corrected chi connectivity index (χ1v) is 6.69. The first kappa shape index (κ1) is 14.0. The van der Waals surface area contributed by atoms with Gasteiger partial charge in [0.15, 0.2) is 17.3 Å². The molecular formula is C15H19FO3. The number of hydrogen-bond acceptors (Lipinski definition) is 3. The van der Waals surface area contributed by atoms with Crippen LogP contribution < -0.4 is 4.74 Å². The van der Waals surface area contributed by atoms with Gasteiger partial charge in [-0.2, -0.15) is 0 Å². The van der Waals surface area contributed by atoms with E-state index in [9.17, 15) is 9.18 Å². The number of methoxy groups -OCH3 is 1. The number of Topliss-reactive ketones (excluding diaryl/α,β-unsaturated/α-hetero) is 1. The van der Waals surface area contributed by atoms with Crippen LogP contribution in [0.1, 0.15) is 42.5 Å². The van der Waals surface area contributed by atoms with Gasteiger partial charge in [-0.05, 0) is 43.9 Å². The summed E-state index contributed by atoms with van der Waals surface area (Å²) in [6, 6.07) is 4.33. The normalized spacial score (nSPS) is 19.2. The molecule has 0 aromatic heterocycles. The van der Waals surface area contributed by atoms with Gasteiger partial charge in [0.05, 0.1) is 13.2 Å². The molecule has 1 aromatic carbocycles. The first-order valence-electron chi connectivity index (χ1n) is 6.69. The monoisotopic (exact) mass is 266 g/mol. The van der Waals surface area contributed by atoms with Crippen molar-refractivity contribution in [3.05, 3.63) is 29.6 Å². The minimum Gasteiger partial charge on any atom is -0.494 e. The number of ether oxygens (including phenoxy) is 2. The van der Waals surface area contributed by atoms with Crippen LogP contribution in [0.5, 0.6) is 5.75 Å². The van der Waals surface area contributed by atoms with Gasteiger partial charge in [0.1, 0.15) is 0 Å². The molecule has 0 aliphatic carbocycles. The van der Waals surface area contributed by atoms with E-state index in [0.29, 0.717) is 18.4 Å². The Morgan fingerprint density at radius 3 is 2.95 bits per heavy atom. The Kier molecular flexibility index (Phi) is 4.91. The van der Waals surface area contributed by atoms with Crippen molar-refractivity contribution in [3.63, 3.8) is 0 Å². The van der Waals surface area contributed by atoms with Crippen LogP contribution >= 0.6 is 0 Å². The number of ketones is 1. The van der Waals surface area contributed by atoms with Crippen LogP contribution in [0.25, 0.3) is 0 Å². The maximum absolute atomic E-state index is 13.5. The Hall–Kier alpha value is -1.42. The minimum absolute atomic E-state index is 0.0456. The average Bonchev–Trinajstić information content (AvgIpc) is 2.45. The molecule has 1 heterocycles. The van der Waals surface area contributed by atoms with E-state index in [-0.39, 0.29) is 17.6 Å². The fourth-order valence-corrected chi connectivity index (χ4v) is 2.31. The molecule has 0 spiro atoms. The molecule has 1 atom stereocenters. The lowest BCUT2D eigenvalue weighted by Gasteiger charge is -2.22. The molecule has 2 rings (SSSR count). The molecule has 1 fully saturated rings. The van der Waals surface area contributed by atoms with Gasteiger partial charge < -0.3 is 9.47 Å². The zero-order valence-corrected chi connectivity index (χ0v) is 11.2. The van der Waals surface area contributed by atoms with Crippen molar-refractivity contribution < 1.29 is 18.7 Å². The van der Waals surface area contributed by atoms with Gasteiger partial charge in [-0.1, -0.05) is 0 Å². The van der Waals surface area contributed by atoms with Gasteiger partial charge in [0, 0.05) is 18.6 Å². The lowest BCUT2D eigenvalue weighted by molar-refractivity contribution is 0.0104. The lowest BCUT2D eigenvalue weighted by Crippen LogP contribution is -2.20. The summed E-state index contributed by atoms with van der Waals surface area (Å²) in [6.07, 6.45) is 4.58. The summed E-state index contributed by atoms with van der Waals surface area (Å²) in [4.78, 5) is 12.0. The van der Waals surface area contributed by atoms with Crippen molar-refractivity contribution in [2.75, 3.05) is 13.7 Å². The summed E-state index contributed by atoms with van der Waals surface area (Å²) in [5, 5.41) is 0. The smallest absolute Gasteiger partial charge is 0.165 e. The number of rotatable bonds is 5. The second-order valence-corrected chi connectivity index (χ2v) is 4.80. The Morgan fingerprint density at radius 2 is 2.32 bits per heavy atom. The topological polar surface area (TPSA) is 35.5 Å². The summed E-state index contributed by atoms with van der Waals surface area (Å²) < 4.78 is 23.9. The van der Waals surface area contributed by atoms with Crippen molar-refractivity contribution in [2.24, 2.45) is 0 Å². The fourth-order valence-electron chi connectivity index (χ4n) is 2.31. The van der Waals surface area contributed by atoms with Crippen molar-refractivity contribution in [1.29, 1.82) is 0 Å². The maximum atomic E-state index is 13.5. The van der Waals surface area contributed by atoms with Crippen molar-refractivity contribution >= 4 is 5.78 Å². The van der Waals surface area contributed by atoms with E-state index in [1.165, 1.54) is 19.2 Å². The van der Waals surface area contributed by atoms with E-state index in [4.69, 9.17) is 9.47 Å². The number of hydrogen-bond donors (Lipinski definition) is 0. The molecule has 19 heavy (non-hydrogen) atoms. The highest BCUT2D eigenvalue weighted by molar-refractivity contribution is 5.96. The van der Waals surface area contributed by atoms with Crippen molar-refractivity contribution in [2.45, 2.75) is 38.2 Å². The molecule has 0 amide bonds. The van der Waals surface area contributed by atoms with Crippen LogP contribution in [0.4, 0.5) is 4.39 Å². The molecule has 0 N–H and O–H groups in total. The van der Waals surface area contributed by atoms with Gasteiger partial charge in [0.2, 0.25) is 0 Å². The van der Waals surface area contributed by atoms with Crippen LogP contribution in [0.3, 0.4) is 0 Å². The summed E-state index contributed by atoms with van der Waals surface area (Å²) in [6.45, 7) is 0.788. The van der Waals surface area contributed by atoms with Crippen LogP contribution in [0, 0.1) is 5.82 Å². The molecular weight excluding hydrogens is 247 g/mol. The van der Waals surface area contributed by atoms with Crippen molar-refractivity contribution in [3.8, 4) is 5.75 Å². The van der Waals surface area contributed by atoms with Crippen LogP contribution in [-0.2, 0) is 4.74 Å². The summed E-state index contributed by atoms with van der Waals surface area (Å²) in [5.74, 6) is -0.384. The highest BCUT2D eigenvalue weighted by Crippen LogP contribution is 2.21. The van der Waals surface area contributed by atoms with E-state index in [1.54, 1.807) is 6.07 Å². The standard InChI is InChI=1S/C15H19FO3/c1-18-15-8-5-11(10-13(15)16)14(17)7-6-12-4-2-3-9-19-12/h5,8,10,12H,2-4,6-7,9H2,1H3. The number of halogens is 1. The third kappa shape index (κ3) is 3.77. The predicted octanol–water partition coefficient (Wildman–Crippen LogP) is 3.37. The van der Waals surface area contributed by atoms with E-state index in [2.05, 4.69) is 0 Å². The highest BCUT2D eigenvalue weighted by atomic mass is 19.1. The fraction of sp³-hybridized carbons (Fsp3) is 0.533. The Labute approximate surface area is 112 Å².